The standard InChI is InChI=1S/C19H21ClN4O4S/c20-15-4-1-3-14(11-15)19(26)24-9-7-23(8-10-24)13-18(25)22-16-5-2-6-17(12-16)29(21,27)28/h1-6,11-12H,7-10,13H2,(H,22,25)(H2,21,27,28). The third-order valence-electron chi connectivity index (χ3n) is 4.54. The van der Waals surface area contributed by atoms with Gasteiger partial charge in [0, 0.05) is 42.5 Å². The largest absolute Gasteiger partial charge is 0.336 e. The van der Waals surface area contributed by atoms with Crippen LogP contribution in [0.5, 0.6) is 0 Å². The van der Waals surface area contributed by atoms with Gasteiger partial charge in [-0.05, 0) is 36.4 Å². The maximum Gasteiger partial charge on any atom is 0.253 e. The summed E-state index contributed by atoms with van der Waals surface area (Å²) in [6, 6.07) is 12.6. The lowest BCUT2D eigenvalue weighted by molar-refractivity contribution is -0.117. The fraction of sp³-hybridized carbons (Fsp3) is 0.263. The monoisotopic (exact) mass is 436 g/mol. The zero-order valence-corrected chi connectivity index (χ0v) is 17.1. The molecule has 1 heterocycles. The average Bonchev–Trinajstić information content (AvgIpc) is 2.67. The molecule has 1 saturated heterocycles. The van der Waals surface area contributed by atoms with E-state index in [2.05, 4.69) is 5.32 Å². The van der Waals surface area contributed by atoms with E-state index in [4.69, 9.17) is 16.7 Å². The van der Waals surface area contributed by atoms with E-state index in [1.54, 1.807) is 35.2 Å². The van der Waals surface area contributed by atoms with Gasteiger partial charge in [-0.1, -0.05) is 23.7 Å². The molecule has 1 aliphatic heterocycles. The minimum atomic E-state index is -3.84. The van der Waals surface area contributed by atoms with Crippen LogP contribution in [0.2, 0.25) is 5.02 Å². The Hall–Kier alpha value is -2.46. The Labute approximate surface area is 174 Å². The van der Waals surface area contributed by atoms with E-state index in [0.29, 0.717) is 42.5 Å². The van der Waals surface area contributed by atoms with E-state index >= 15 is 0 Å². The van der Waals surface area contributed by atoms with Gasteiger partial charge in [0.1, 0.15) is 0 Å². The molecule has 1 aliphatic rings. The second-order valence-corrected chi connectivity index (χ2v) is 8.70. The Kier molecular flexibility index (Phi) is 6.53. The van der Waals surface area contributed by atoms with Crippen molar-refractivity contribution in [2.24, 2.45) is 5.14 Å². The number of carbonyl (C=O) groups is 2. The minimum Gasteiger partial charge on any atom is -0.336 e. The van der Waals surface area contributed by atoms with Crippen LogP contribution in [0.25, 0.3) is 0 Å². The first-order chi connectivity index (χ1) is 13.7. The van der Waals surface area contributed by atoms with Crippen LogP contribution >= 0.6 is 11.6 Å². The van der Waals surface area contributed by atoms with E-state index in [-0.39, 0.29) is 23.3 Å². The molecule has 0 saturated carbocycles. The molecule has 2 aromatic rings. The van der Waals surface area contributed by atoms with Gasteiger partial charge in [-0.25, -0.2) is 13.6 Å². The summed E-state index contributed by atoms with van der Waals surface area (Å²) in [5.41, 5.74) is 0.898. The van der Waals surface area contributed by atoms with Crippen molar-refractivity contribution in [2.45, 2.75) is 4.90 Å². The van der Waals surface area contributed by atoms with Crippen LogP contribution in [0.4, 0.5) is 5.69 Å². The molecule has 3 N–H and O–H groups in total. The summed E-state index contributed by atoms with van der Waals surface area (Å²) in [4.78, 5) is 28.4. The number of primary sulfonamides is 1. The number of rotatable bonds is 5. The zero-order chi connectivity index (χ0) is 21.0. The highest BCUT2D eigenvalue weighted by atomic mass is 35.5. The second-order valence-electron chi connectivity index (χ2n) is 6.70. The molecule has 1 fully saturated rings. The van der Waals surface area contributed by atoms with E-state index in [1.165, 1.54) is 18.2 Å². The Bertz CT molecular complexity index is 1020. The molecule has 0 aliphatic carbocycles. The highest BCUT2D eigenvalue weighted by molar-refractivity contribution is 7.89. The smallest absolute Gasteiger partial charge is 0.253 e. The number of benzene rings is 2. The first kappa shape index (κ1) is 21.3. The lowest BCUT2D eigenvalue weighted by atomic mass is 10.2. The first-order valence-corrected chi connectivity index (χ1v) is 10.8. The van der Waals surface area contributed by atoms with Crippen molar-refractivity contribution in [3.05, 3.63) is 59.1 Å². The van der Waals surface area contributed by atoms with Gasteiger partial charge in [0.25, 0.3) is 5.91 Å². The molecule has 0 radical (unpaired) electrons. The fourth-order valence-electron chi connectivity index (χ4n) is 3.07. The predicted octanol–water partition coefficient (Wildman–Crippen LogP) is 1.38. The third-order valence-corrected chi connectivity index (χ3v) is 5.69. The summed E-state index contributed by atoms with van der Waals surface area (Å²) in [5, 5.41) is 8.29. The predicted molar refractivity (Wildman–Crippen MR) is 110 cm³/mol. The number of sulfonamides is 1. The SMILES string of the molecule is NS(=O)(=O)c1cccc(NC(=O)CN2CCN(C(=O)c3cccc(Cl)c3)CC2)c1. The fourth-order valence-corrected chi connectivity index (χ4v) is 3.82. The zero-order valence-electron chi connectivity index (χ0n) is 15.5. The van der Waals surface area contributed by atoms with Gasteiger partial charge in [-0.2, -0.15) is 0 Å². The first-order valence-electron chi connectivity index (χ1n) is 8.92. The summed E-state index contributed by atoms with van der Waals surface area (Å²) in [6.45, 7) is 2.24. The Morgan fingerprint density at radius 3 is 2.38 bits per heavy atom. The van der Waals surface area contributed by atoms with Gasteiger partial charge in [-0.3, -0.25) is 14.5 Å². The summed E-state index contributed by atoms with van der Waals surface area (Å²) < 4.78 is 22.8. The molecule has 3 rings (SSSR count). The van der Waals surface area contributed by atoms with Crippen molar-refractivity contribution in [1.29, 1.82) is 0 Å². The van der Waals surface area contributed by atoms with Crippen LogP contribution in [0.3, 0.4) is 0 Å². The van der Waals surface area contributed by atoms with Crippen LogP contribution in [-0.4, -0.2) is 62.8 Å². The highest BCUT2D eigenvalue weighted by Crippen LogP contribution is 2.16. The molecule has 0 spiro atoms. The summed E-state index contributed by atoms with van der Waals surface area (Å²) in [6.07, 6.45) is 0. The van der Waals surface area contributed by atoms with Crippen molar-refractivity contribution in [3.63, 3.8) is 0 Å². The minimum absolute atomic E-state index is 0.0663. The van der Waals surface area contributed by atoms with Gasteiger partial charge in [0.15, 0.2) is 0 Å². The Balaban J connectivity index is 1.52. The summed E-state index contributed by atoms with van der Waals surface area (Å²) >= 11 is 5.95. The van der Waals surface area contributed by atoms with Crippen molar-refractivity contribution < 1.29 is 18.0 Å². The van der Waals surface area contributed by atoms with E-state index in [0.717, 1.165) is 0 Å². The van der Waals surface area contributed by atoms with Crippen LogP contribution in [0.15, 0.2) is 53.4 Å². The second kappa shape index (κ2) is 8.91. The molecule has 2 aromatic carbocycles. The topological polar surface area (TPSA) is 113 Å². The molecular formula is C19H21ClN4O4S. The number of nitrogens with zero attached hydrogens (tertiary/aromatic N) is 2. The van der Waals surface area contributed by atoms with Crippen LogP contribution < -0.4 is 10.5 Å². The van der Waals surface area contributed by atoms with Crippen molar-refractivity contribution >= 4 is 39.1 Å². The molecule has 29 heavy (non-hydrogen) atoms. The number of carbonyl (C=O) groups excluding carboxylic acids is 2. The lowest BCUT2D eigenvalue weighted by Crippen LogP contribution is -2.50. The van der Waals surface area contributed by atoms with Crippen molar-refractivity contribution in [1.82, 2.24) is 9.80 Å². The van der Waals surface area contributed by atoms with E-state index < -0.39 is 10.0 Å². The lowest BCUT2D eigenvalue weighted by Gasteiger charge is -2.34. The third kappa shape index (κ3) is 5.77. The van der Waals surface area contributed by atoms with Crippen molar-refractivity contribution in [3.8, 4) is 0 Å². The maximum absolute atomic E-state index is 12.5. The molecule has 0 unspecified atom stereocenters. The number of piperazine rings is 1. The molecule has 154 valence electrons. The summed E-state index contributed by atoms with van der Waals surface area (Å²) in [5.74, 6) is -0.359. The Morgan fingerprint density at radius 2 is 1.72 bits per heavy atom. The van der Waals surface area contributed by atoms with Crippen LogP contribution in [0, 0.1) is 0 Å². The number of nitrogens with one attached hydrogen (secondary N) is 1. The van der Waals surface area contributed by atoms with Gasteiger partial charge in [-0.15, -0.1) is 0 Å². The normalized spacial score (nSPS) is 15.2. The molecular weight excluding hydrogens is 416 g/mol. The number of anilines is 1. The van der Waals surface area contributed by atoms with Gasteiger partial charge in [0.2, 0.25) is 15.9 Å². The van der Waals surface area contributed by atoms with Crippen molar-refractivity contribution in [2.75, 3.05) is 38.0 Å². The average molecular weight is 437 g/mol. The maximum atomic E-state index is 12.5. The molecule has 8 nitrogen and oxygen atoms in total. The number of hydrogen-bond donors (Lipinski definition) is 2. The Morgan fingerprint density at radius 1 is 1.03 bits per heavy atom. The van der Waals surface area contributed by atoms with E-state index in [9.17, 15) is 18.0 Å². The van der Waals surface area contributed by atoms with Gasteiger partial charge in [0.05, 0.1) is 11.4 Å². The van der Waals surface area contributed by atoms with E-state index in [1.807, 2.05) is 4.90 Å². The molecule has 0 aromatic heterocycles. The molecule has 0 bridgehead atoms. The number of hydrogen-bond acceptors (Lipinski definition) is 5. The highest BCUT2D eigenvalue weighted by Gasteiger charge is 2.23. The molecule has 0 atom stereocenters. The summed E-state index contributed by atoms with van der Waals surface area (Å²) in [7, 11) is -3.84. The van der Waals surface area contributed by atoms with Crippen LogP contribution in [0.1, 0.15) is 10.4 Å². The van der Waals surface area contributed by atoms with Crippen LogP contribution in [-0.2, 0) is 14.8 Å². The van der Waals surface area contributed by atoms with Gasteiger partial charge >= 0.3 is 0 Å². The molecule has 10 heteroatoms. The number of amides is 2. The number of halogens is 1. The number of nitrogens with two attached hydrogens (primary N) is 1. The van der Waals surface area contributed by atoms with Gasteiger partial charge < -0.3 is 10.2 Å². The quantitative estimate of drug-likeness (QED) is 0.735. The molecule has 2 amide bonds.